The van der Waals surface area contributed by atoms with Crippen LogP contribution in [0.3, 0.4) is 0 Å². The van der Waals surface area contributed by atoms with Crippen molar-refractivity contribution in [2.45, 2.75) is 64.5 Å². The van der Waals surface area contributed by atoms with Gasteiger partial charge >= 0.3 is 0 Å². The second-order valence-corrected chi connectivity index (χ2v) is 7.28. The SMILES string of the molecule is CCN=C(NC1CCC1)N(C)Cc1nc2c(s1)CCCC2. The summed E-state index contributed by atoms with van der Waals surface area (Å²) in [6.45, 7) is 3.79. The van der Waals surface area contributed by atoms with Crippen LogP contribution in [0.25, 0.3) is 0 Å². The van der Waals surface area contributed by atoms with Crippen LogP contribution in [0.1, 0.15) is 54.6 Å². The molecule has 1 saturated carbocycles. The highest BCUT2D eigenvalue weighted by Gasteiger charge is 2.21. The Morgan fingerprint density at radius 3 is 2.81 bits per heavy atom. The van der Waals surface area contributed by atoms with Gasteiger partial charge in [0.05, 0.1) is 12.2 Å². The first-order valence-electron chi connectivity index (χ1n) is 8.26. The zero-order valence-electron chi connectivity index (χ0n) is 13.2. The van der Waals surface area contributed by atoms with Crippen LogP contribution < -0.4 is 5.32 Å². The quantitative estimate of drug-likeness (QED) is 0.687. The molecule has 0 amide bonds. The average molecular weight is 306 g/mol. The van der Waals surface area contributed by atoms with Crippen LogP contribution >= 0.6 is 11.3 Å². The predicted molar refractivity (Wildman–Crippen MR) is 89.0 cm³/mol. The monoisotopic (exact) mass is 306 g/mol. The number of hydrogen-bond acceptors (Lipinski definition) is 3. The third-order valence-corrected chi connectivity index (χ3v) is 5.51. The van der Waals surface area contributed by atoms with Gasteiger partial charge in [-0.1, -0.05) is 0 Å². The minimum Gasteiger partial charge on any atom is -0.354 e. The molecule has 116 valence electrons. The lowest BCUT2D eigenvalue weighted by atomic mass is 9.93. The van der Waals surface area contributed by atoms with Gasteiger partial charge in [0.1, 0.15) is 5.01 Å². The summed E-state index contributed by atoms with van der Waals surface area (Å²) < 4.78 is 0. The minimum atomic E-state index is 0.627. The number of rotatable bonds is 4. The van der Waals surface area contributed by atoms with Crippen molar-refractivity contribution in [3.05, 3.63) is 15.6 Å². The molecule has 0 unspecified atom stereocenters. The highest BCUT2D eigenvalue weighted by atomic mass is 32.1. The second kappa shape index (κ2) is 6.77. The van der Waals surface area contributed by atoms with Gasteiger partial charge < -0.3 is 10.2 Å². The third-order valence-electron chi connectivity index (χ3n) is 4.37. The van der Waals surface area contributed by atoms with Crippen LogP contribution in [0.4, 0.5) is 0 Å². The van der Waals surface area contributed by atoms with E-state index in [9.17, 15) is 0 Å². The molecule has 0 aliphatic heterocycles. The highest BCUT2D eigenvalue weighted by Crippen LogP contribution is 2.27. The number of hydrogen-bond donors (Lipinski definition) is 1. The van der Waals surface area contributed by atoms with Crippen molar-refractivity contribution in [2.75, 3.05) is 13.6 Å². The minimum absolute atomic E-state index is 0.627. The number of fused-ring (bicyclic) bond motifs is 1. The van der Waals surface area contributed by atoms with Crippen LogP contribution in [0.5, 0.6) is 0 Å². The molecule has 2 aliphatic carbocycles. The van der Waals surface area contributed by atoms with E-state index in [2.05, 4.69) is 29.2 Å². The van der Waals surface area contributed by atoms with Crippen LogP contribution in [0.2, 0.25) is 0 Å². The summed E-state index contributed by atoms with van der Waals surface area (Å²) in [5, 5.41) is 4.83. The molecular formula is C16H26N4S. The lowest BCUT2D eigenvalue weighted by Gasteiger charge is -2.31. The van der Waals surface area contributed by atoms with Gasteiger partial charge in [-0.05, 0) is 51.9 Å². The van der Waals surface area contributed by atoms with Gasteiger partial charge in [-0.3, -0.25) is 4.99 Å². The Bertz CT molecular complexity index is 481. The van der Waals surface area contributed by atoms with Gasteiger partial charge in [0.15, 0.2) is 5.96 Å². The molecule has 5 heteroatoms. The Labute approximate surface area is 131 Å². The molecule has 0 atom stereocenters. The van der Waals surface area contributed by atoms with Crippen molar-refractivity contribution < 1.29 is 0 Å². The van der Waals surface area contributed by atoms with Crippen LogP contribution in [0, 0.1) is 0 Å². The number of guanidine groups is 1. The summed E-state index contributed by atoms with van der Waals surface area (Å²) in [7, 11) is 2.13. The second-order valence-electron chi connectivity index (χ2n) is 6.11. The Balaban J connectivity index is 1.64. The standard InChI is InChI=1S/C16H26N4S/c1-3-17-16(18-12-7-6-8-12)20(2)11-15-19-13-9-4-5-10-14(13)21-15/h12H,3-11H2,1-2H3,(H,17,18). The number of aryl methyl sites for hydroxylation is 2. The van der Waals surface area contributed by atoms with E-state index in [-0.39, 0.29) is 0 Å². The largest absolute Gasteiger partial charge is 0.354 e. The van der Waals surface area contributed by atoms with Crippen LogP contribution in [-0.4, -0.2) is 35.5 Å². The van der Waals surface area contributed by atoms with E-state index in [1.54, 1.807) is 0 Å². The van der Waals surface area contributed by atoms with E-state index in [4.69, 9.17) is 4.98 Å². The molecule has 1 aromatic heterocycles. The first-order chi connectivity index (χ1) is 10.3. The molecule has 3 rings (SSSR count). The van der Waals surface area contributed by atoms with Crippen LogP contribution in [0.15, 0.2) is 4.99 Å². The molecule has 1 N–H and O–H groups in total. The van der Waals surface area contributed by atoms with Crippen molar-refractivity contribution in [3.63, 3.8) is 0 Å². The molecule has 1 aromatic rings. The molecule has 0 radical (unpaired) electrons. The Morgan fingerprint density at radius 1 is 1.33 bits per heavy atom. The summed E-state index contributed by atoms with van der Waals surface area (Å²) in [6.07, 6.45) is 8.94. The number of nitrogens with one attached hydrogen (secondary N) is 1. The Hall–Kier alpha value is -1.10. The lowest BCUT2D eigenvalue weighted by molar-refractivity contribution is 0.359. The molecular weight excluding hydrogens is 280 g/mol. The Kier molecular flexibility index (Phi) is 4.78. The molecule has 1 heterocycles. The highest BCUT2D eigenvalue weighted by molar-refractivity contribution is 7.11. The van der Waals surface area contributed by atoms with Gasteiger partial charge in [0, 0.05) is 24.5 Å². The number of nitrogens with zero attached hydrogens (tertiary/aromatic N) is 3. The van der Waals surface area contributed by atoms with Crippen molar-refractivity contribution >= 4 is 17.3 Å². The maximum atomic E-state index is 4.84. The van der Waals surface area contributed by atoms with Gasteiger partial charge in [-0.25, -0.2) is 4.98 Å². The smallest absolute Gasteiger partial charge is 0.194 e. The summed E-state index contributed by atoms with van der Waals surface area (Å²) >= 11 is 1.90. The average Bonchev–Trinajstić information content (AvgIpc) is 2.83. The Morgan fingerprint density at radius 2 is 2.14 bits per heavy atom. The first-order valence-corrected chi connectivity index (χ1v) is 9.07. The summed E-state index contributed by atoms with van der Waals surface area (Å²) in [5.74, 6) is 1.04. The molecule has 1 fully saturated rings. The first kappa shape index (κ1) is 14.8. The summed E-state index contributed by atoms with van der Waals surface area (Å²) in [5.41, 5.74) is 1.36. The lowest BCUT2D eigenvalue weighted by Crippen LogP contribution is -2.46. The number of aliphatic imine (C=N–C) groups is 1. The molecule has 0 bridgehead atoms. The third kappa shape index (κ3) is 3.57. The molecule has 0 aromatic carbocycles. The fraction of sp³-hybridized carbons (Fsp3) is 0.750. The topological polar surface area (TPSA) is 40.5 Å². The van der Waals surface area contributed by atoms with Gasteiger partial charge in [0.2, 0.25) is 0 Å². The van der Waals surface area contributed by atoms with E-state index in [1.165, 1.54) is 60.5 Å². The van der Waals surface area contributed by atoms with Crippen LogP contribution in [-0.2, 0) is 19.4 Å². The van der Waals surface area contributed by atoms with Crippen molar-refractivity contribution in [1.29, 1.82) is 0 Å². The molecule has 0 saturated heterocycles. The number of thiazole rings is 1. The molecule has 4 nitrogen and oxygen atoms in total. The van der Waals surface area contributed by atoms with Crippen molar-refractivity contribution in [3.8, 4) is 0 Å². The van der Waals surface area contributed by atoms with E-state index in [0.29, 0.717) is 6.04 Å². The van der Waals surface area contributed by atoms with Crippen molar-refractivity contribution in [2.24, 2.45) is 4.99 Å². The predicted octanol–water partition coefficient (Wildman–Crippen LogP) is 2.97. The zero-order valence-corrected chi connectivity index (χ0v) is 14.0. The molecule has 2 aliphatic rings. The molecule has 21 heavy (non-hydrogen) atoms. The van der Waals surface area contributed by atoms with E-state index in [1.807, 2.05) is 11.3 Å². The van der Waals surface area contributed by atoms with Crippen molar-refractivity contribution in [1.82, 2.24) is 15.2 Å². The van der Waals surface area contributed by atoms with E-state index >= 15 is 0 Å². The van der Waals surface area contributed by atoms with E-state index < -0.39 is 0 Å². The zero-order chi connectivity index (χ0) is 14.7. The van der Waals surface area contributed by atoms with Gasteiger partial charge in [-0.2, -0.15) is 0 Å². The van der Waals surface area contributed by atoms with Gasteiger partial charge in [0.25, 0.3) is 0 Å². The summed E-state index contributed by atoms with van der Waals surface area (Å²) in [6, 6.07) is 0.627. The fourth-order valence-electron chi connectivity index (χ4n) is 2.91. The van der Waals surface area contributed by atoms with E-state index in [0.717, 1.165) is 19.0 Å². The number of aromatic nitrogens is 1. The fourth-order valence-corrected chi connectivity index (χ4v) is 4.12. The maximum Gasteiger partial charge on any atom is 0.194 e. The van der Waals surface area contributed by atoms with Gasteiger partial charge in [-0.15, -0.1) is 11.3 Å². The maximum absolute atomic E-state index is 4.84. The molecule has 0 spiro atoms. The normalized spacial score (nSPS) is 19.0. The summed E-state index contributed by atoms with van der Waals surface area (Å²) in [4.78, 5) is 13.2.